The van der Waals surface area contributed by atoms with Crippen molar-refractivity contribution in [1.82, 2.24) is 15.5 Å². The van der Waals surface area contributed by atoms with Gasteiger partial charge in [0.05, 0.1) is 35.7 Å². The predicted octanol–water partition coefficient (Wildman–Crippen LogP) is 0.675. The lowest BCUT2D eigenvalue weighted by molar-refractivity contribution is -0.898. The van der Waals surface area contributed by atoms with Gasteiger partial charge in [0.2, 0.25) is 5.91 Å². The Balaban J connectivity index is 1.63. The minimum absolute atomic E-state index is 0.00987. The summed E-state index contributed by atoms with van der Waals surface area (Å²) in [7, 11) is 0. The third-order valence-corrected chi connectivity index (χ3v) is 5.36. The number of anilines is 1. The van der Waals surface area contributed by atoms with Crippen LogP contribution < -0.4 is 15.5 Å². The van der Waals surface area contributed by atoms with Crippen LogP contribution in [0.5, 0.6) is 0 Å². The van der Waals surface area contributed by atoms with E-state index in [4.69, 9.17) is 0 Å². The van der Waals surface area contributed by atoms with Gasteiger partial charge in [-0.25, -0.2) is 0 Å². The Bertz CT molecular complexity index is 788. The van der Waals surface area contributed by atoms with Crippen molar-refractivity contribution in [2.75, 3.05) is 25.0 Å². The van der Waals surface area contributed by atoms with Crippen molar-refractivity contribution in [1.29, 1.82) is 0 Å². The zero-order valence-electron chi connectivity index (χ0n) is 16.2. The second-order valence-corrected chi connectivity index (χ2v) is 7.41. The Morgan fingerprint density at radius 1 is 1.19 bits per heavy atom. The Morgan fingerprint density at radius 2 is 1.85 bits per heavy atom. The van der Waals surface area contributed by atoms with Crippen LogP contribution >= 0.6 is 0 Å². The number of rotatable bonds is 5. The molecule has 0 bridgehead atoms. The van der Waals surface area contributed by atoms with E-state index in [1.807, 2.05) is 32.0 Å². The Hall–Kier alpha value is -2.67. The Kier molecular flexibility index (Phi) is 5.60. The van der Waals surface area contributed by atoms with Crippen molar-refractivity contribution < 1.29 is 14.5 Å². The molecule has 2 heterocycles. The van der Waals surface area contributed by atoms with E-state index in [1.54, 1.807) is 6.92 Å². The number of hydrogen-bond donors (Lipinski definition) is 4. The van der Waals surface area contributed by atoms with Crippen molar-refractivity contribution in [3.8, 4) is 0 Å². The van der Waals surface area contributed by atoms with Crippen LogP contribution in [0, 0.1) is 13.8 Å². The highest BCUT2D eigenvalue weighted by molar-refractivity contribution is 5.92. The SMILES string of the molecule is CC(=O)NC1(c2ccccc2)CC[NH+](CC(=O)Nc2c(C)n[nH]c2C)CC1. The summed E-state index contributed by atoms with van der Waals surface area (Å²) in [4.78, 5) is 25.5. The number of carbonyl (C=O) groups excluding carboxylic acids is 2. The number of aryl methyl sites for hydroxylation is 2. The lowest BCUT2D eigenvalue weighted by Crippen LogP contribution is -3.14. The third kappa shape index (κ3) is 4.36. The van der Waals surface area contributed by atoms with E-state index in [1.165, 1.54) is 4.90 Å². The number of amides is 2. The summed E-state index contributed by atoms with van der Waals surface area (Å²) in [5.41, 5.74) is 3.22. The smallest absolute Gasteiger partial charge is 0.279 e. The second kappa shape index (κ2) is 7.92. The van der Waals surface area contributed by atoms with Crippen LogP contribution in [0.1, 0.15) is 36.7 Å². The van der Waals surface area contributed by atoms with Crippen LogP contribution in [-0.2, 0) is 15.1 Å². The average Bonchev–Trinajstić information content (AvgIpc) is 2.96. The second-order valence-electron chi connectivity index (χ2n) is 7.41. The molecule has 1 fully saturated rings. The van der Waals surface area contributed by atoms with Gasteiger partial charge in [-0.1, -0.05) is 30.3 Å². The molecular weight excluding hydrogens is 342 g/mol. The number of aromatic nitrogens is 2. The topological polar surface area (TPSA) is 91.3 Å². The average molecular weight is 370 g/mol. The van der Waals surface area contributed by atoms with Gasteiger partial charge in [-0.15, -0.1) is 0 Å². The van der Waals surface area contributed by atoms with E-state index < -0.39 is 0 Å². The molecule has 4 N–H and O–H groups in total. The molecule has 7 heteroatoms. The van der Waals surface area contributed by atoms with Crippen molar-refractivity contribution in [2.45, 2.75) is 39.2 Å². The normalized spacial score (nSPS) is 22.3. The monoisotopic (exact) mass is 370 g/mol. The fourth-order valence-electron chi connectivity index (χ4n) is 3.93. The lowest BCUT2D eigenvalue weighted by Gasteiger charge is -2.40. The molecule has 1 aromatic carbocycles. The van der Waals surface area contributed by atoms with E-state index >= 15 is 0 Å². The molecule has 27 heavy (non-hydrogen) atoms. The molecule has 3 rings (SSSR count). The summed E-state index contributed by atoms with van der Waals surface area (Å²) in [5.74, 6) is -0.0321. The van der Waals surface area contributed by atoms with Crippen LogP contribution in [0.25, 0.3) is 0 Å². The Labute approximate surface area is 159 Å². The quantitative estimate of drug-likeness (QED) is 0.624. The van der Waals surface area contributed by atoms with E-state index in [9.17, 15) is 9.59 Å². The highest BCUT2D eigenvalue weighted by atomic mass is 16.2. The van der Waals surface area contributed by atoms with Gasteiger partial charge in [-0.3, -0.25) is 14.7 Å². The van der Waals surface area contributed by atoms with Crippen molar-refractivity contribution in [3.05, 3.63) is 47.3 Å². The molecule has 1 aromatic heterocycles. The van der Waals surface area contributed by atoms with E-state index in [-0.39, 0.29) is 17.4 Å². The first kappa shape index (κ1) is 19.1. The van der Waals surface area contributed by atoms with Crippen molar-refractivity contribution in [2.24, 2.45) is 0 Å². The van der Waals surface area contributed by atoms with Crippen LogP contribution in [0.4, 0.5) is 5.69 Å². The molecule has 2 aromatic rings. The van der Waals surface area contributed by atoms with Crippen LogP contribution in [-0.4, -0.2) is 41.6 Å². The number of nitrogens with zero attached hydrogens (tertiary/aromatic N) is 1. The number of piperidine rings is 1. The summed E-state index contributed by atoms with van der Waals surface area (Å²) >= 11 is 0. The first-order valence-electron chi connectivity index (χ1n) is 9.39. The van der Waals surface area contributed by atoms with Gasteiger partial charge in [0, 0.05) is 19.8 Å². The minimum Gasteiger partial charge on any atom is -0.346 e. The molecule has 0 atom stereocenters. The van der Waals surface area contributed by atoms with Gasteiger partial charge in [-0.05, 0) is 19.4 Å². The largest absolute Gasteiger partial charge is 0.346 e. The molecule has 2 amide bonds. The number of quaternary nitrogens is 1. The Morgan fingerprint density at radius 3 is 2.41 bits per heavy atom. The van der Waals surface area contributed by atoms with Crippen LogP contribution in [0.2, 0.25) is 0 Å². The van der Waals surface area contributed by atoms with Crippen LogP contribution in [0.15, 0.2) is 30.3 Å². The first-order valence-corrected chi connectivity index (χ1v) is 9.39. The molecule has 7 nitrogen and oxygen atoms in total. The number of nitrogens with one attached hydrogen (secondary N) is 4. The molecule has 0 unspecified atom stereocenters. The van der Waals surface area contributed by atoms with Gasteiger partial charge in [-0.2, -0.15) is 5.10 Å². The standard InChI is InChI=1S/C20H27N5O2/c1-14-19(15(2)24-23-14)21-18(27)13-25-11-9-20(10-12-25,22-16(3)26)17-7-5-4-6-8-17/h4-8H,9-13H2,1-3H3,(H,21,27)(H,22,26)(H,23,24)/p+1. The maximum absolute atomic E-state index is 12.4. The fraction of sp³-hybridized carbons (Fsp3) is 0.450. The number of carbonyl (C=O) groups is 2. The van der Waals surface area contributed by atoms with Gasteiger partial charge >= 0.3 is 0 Å². The molecule has 0 radical (unpaired) electrons. The van der Waals surface area contributed by atoms with Crippen molar-refractivity contribution >= 4 is 17.5 Å². The summed E-state index contributed by atoms with van der Waals surface area (Å²) in [6, 6.07) is 10.1. The fourth-order valence-corrected chi connectivity index (χ4v) is 3.93. The first-order chi connectivity index (χ1) is 12.9. The zero-order valence-corrected chi connectivity index (χ0v) is 16.2. The molecule has 144 valence electrons. The van der Waals surface area contributed by atoms with Gasteiger partial charge < -0.3 is 15.5 Å². The minimum atomic E-state index is -0.342. The maximum Gasteiger partial charge on any atom is 0.279 e. The zero-order chi connectivity index (χ0) is 19.4. The number of benzene rings is 1. The highest BCUT2D eigenvalue weighted by Crippen LogP contribution is 2.29. The number of H-pyrrole nitrogens is 1. The predicted molar refractivity (Wildman–Crippen MR) is 103 cm³/mol. The van der Waals surface area contributed by atoms with Gasteiger partial charge in [0.15, 0.2) is 6.54 Å². The molecule has 0 saturated carbocycles. The molecule has 1 aliphatic rings. The molecule has 1 saturated heterocycles. The number of likely N-dealkylation sites (tertiary alicyclic amines) is 1. The summed E-state index contributed by atoms with van der Waals surface area (Å²) in [6.45, 7) is 7.39. The lowest BCUT2D eigenvalue weighted by atomic mass is 9.80. The summed E-state index contributed by atoms with van der Waals surface area (Å²) in [6.07, 6.45) is 1.62. The molecule has 0 aliphatic carbocycles. The van der Waals surface area contributed by atoms with Gasteiger partial charge in [0.1, 0.15) is 0 Å². The van der Waals surface area contributed by atoms with E-state index in [0.717, 1.165) is 48.6 Å². The third-order valence-electron chi connectivity index (χ3n) is 5.36. The highest BCUT2D eigenvalue weighted by Gasteiger charge is 2.39. The maximum atomic E-state index is 12.4. The van der Waals surface area contributed by atoms with Crippen LogP contribution in [0.3, 0.4) is 0 Å². The summed E-state index contributed by atoms with van der Waals surface area (Å²) in [5, 5.41) is 13.1. The van der Waals surface area contributed by atoms with E-state index in [2.05, 4.69) is 33.0 Å². The van der Waals surface area contributed by atoms with Crippen molar-refractivity contribution in [3.63, 3.8) is 0 Å². The number of aromatic amines is 1. The van der Waals surface area contributed by atoms with E-state index in [0.29, 0.717) is 6.54 Å². The molecule has 0 spiro atoms. The molecular formula is C20H28N5O2+. The summed E-state index contributed by atoms with van der Waals surface area (Å²) < 4.78 is 0. The molecule has 1 aliphatic heterocycles. The number of hydrogen-bond acceptors (Lipinski definition) is 3. The van der Waals surface area contributed by atoms with Gasteiger partial charge in [0.25, 0.3) is 5.91 Å².